The van der Waals surface area contributed by atoms with Gasteiger partial charge in [-0.05, 0) is 42.7 Å². The number of hydrogen-bond donors (Lipinski definition) is 2. The first-order chi connectivity index (χ1) is 12.4. The summed E-state index contributed by atoms with van der Waals surface area (Å²) in [6.07, 6.45) is -0.205. The fourth-order valence-corrected chi connectivity index (χ4v) is 2.85. The zero-order valence-electron chi connectivity index (χ0n) is 15.3. The third-order valence-corrected chi connectivity index (χ3v) is 4.22. The number of carboxylic acids is 1. The maximum atomic E-state index is 12.8. The summed E-state index contributed by atoms with van der Waals surface area (Å²) >= 11 is 0. The van der Waals surface area contributed by atoms with Crippen molar-refractivity contribution in [3.05, 3.63) is 58.7 Å². The molecule has 1 unspecified atom stereocenters. The van der Waals surface area contributed by atoms with Crippen LogP contribution in [0, 0.1) is 13.8 Å². The fraction of sp³-hybridized carbons (Fsp3) is 0.300. The van der Waals surface area contributed by atoms with Gasteiger partial charge in [-0.1, -0.05) is 24.3 Å². The number of carbonyl (C=O) groups is 2. The van der Waals surface area contributed by atoms with Gasteiger partial charge >= 0.3 is 5.97 Å². The lowest BCUT2D eigenvalue weighted by atomic mass is 9.98. The average Bonchev–Trinajstić information content (AvgIpc) is 2.60. The van der Waals surface area contributed by atoms with Crippen LogP contribution in [-0.4, -0.2) is 31.2 Å². The number of aryl methyl sites for hydroxylation is 2. The Balaban J connectivity index is 2.36. The topological polar surface area (TPSA) is 84.9 Å². The molecular weight excluding hydrogens is 334 g/mol. The van der Waals surface area contributed by atoms with Crippen LogP contribution in [0.5, 0.6) is 11.5 Å². The minimum absolute atomic E-state index is 0.205. The quantitative estimate of drug-likeness (QED) is 0.794. The second-order valence-electron chi connectivity index (χ2n) is 6.00. The largest absolute Gasteiger partial charge is 0.493 e. The lowest BCUT2D eigenvalue weighted by molar-refractivity contribution is -0.137. The third-order valence-electron chi connectivity index (χ3n) is 4.22. The maximum Gasteiger partial charge on any atom is 0.305 e. The molecular formula is C20H23NO5. The molecule has 0 saturated carbocycles. The fourth-order valence-electron chi connectivity index (χ4n) is 2.85. The van der Waals surface area contributed by atoms with Crippen molar-refractivity contribution in [1.29, 1.82) is 0 Å². The molecule has 1 atom stereocenters. The minimum atomic E-state index is -0.984. The van der Waals surface area contributed by atoms with Crippen LogP contribution >= 0.6 is 0 Å². The summed E-state index contributed by atoms with van der Waals surface area (Å²) in [7, 11) is 3.02. The van der Waals surface area contributed by atoms with Crippen molar-refractivity contribution in [3.8, 4) is 11.5 Å². The number of aliphatic carboxylic acids is 1. The Kier molecular flexibility index (Phi) is 6.22. The van der Waals surface area contributed by atoms with Gasteiger partial charge in [0.15, 0.2) is 11.5 Å². The zero-order chi connectivity index (χ0) is 19.3. The Bertz CT molecular complexity index is 816. The minimum Gasteiger partial charge on any atom is -0.493 e. The standard InChI is InChI=1S/C20H23NO5/c1-12-7-5-6-8-14(12)16(11-19(22)23)21-20(24)15-10-18(26-4)17(25-3)9-13(15)2/h5-10,16H,11H2,1-4H3,(H,21,24)(H,22,23). The summed E-state index contributed by atoms with van der Waals surface area (Å²) in [5, 5.41) is 12.1. The monoisotopic (exact) mass is 357 g/mol. The van der Waals surface area contributed by atoms with Gasteiger partial charge < -0.3 is 19.9 Å². The van der Waals surface area contributed by atoms with Gasteiger partial charge in [-0.25, -0.2) is 0 Å². The summed E-state index contributed by atoms with van der Waals surface area (Å²) in [6.45, 7) is 3.68. The molecule has 6 nitrogen and oxygen atoms in total. The van der Waals surface area contributed by atoms with Crippen LogP contribution in [0.3, 0.4) is 0 Å². The van der Waals surface area contributed by atoms with E-state index in [0.29, 0.717) is 22.6 Å². The highest BCUT2D eigenvalue weighted by Crippen LogP contribution is 2.31. The molecule has 2 aromatic carbocycles. The second-order valence-corrected chi connectivity index (χ2v) is 6.00. The first kappa shape index (κ1) is 19.3. The molecule has 2 N–H and O–H groups in total. The number of ether oxygens (including phenoxy) is 2. The van der Waals surface area contributed by atoms with E-state index in [4.69, 9.17) is 9.47 Å². The van der Waals surface area contributed by atoms with E-state index in [2.05, 4.69) is 5.32 Å². The number of nitrogens with one attached hydrogen (secondary N) is 1. The molecule has 0 saturated heterocycles. The van der Waals surface area contributed by atoms with Crippen molar-refractivity contribution >= 4 is 11.9 Å². The van der Waals surface area contributed by atoms with Crippen molar-refractivity contribution in [3.63, 3.8) is 0 Å². The van der Waals surface area contributed by atoms with E-state index in [-0.39, 0.29) is 12.3 Å². The Hall–Kier alpha value is -3.02. The molecule has 138 valence electrons. The molecule has 0 aliphatic carbocycles. The molecule has 2 aromatic rings. The molecule has 0 heterocycles. The Labute approximate surface area is 152 Å². The van der Waals surface area contributed by atoms with Crippen molar-refractivity contribution in [2.75, 3.05) is 14.2 Å². The van der Waals surface area contributed by atoms with E-state index in [0.717, 1.165) is 11.1 Å². The first-order valence-electron chi connectivity index (χ1n) is 8.18. The number of methoxy groups -OCH3 is 2. The molecule has 0 fully saturated rings. The van der Waals surface area contributed by atoms with Crippen LogP contribution in [0.4, 0.5) is 0 Å². The molecule has 0 bridgehead atoms. The van der Waals surface area contributed by atoms with Crippen LogP contribution < -0.4 is 14.8 Å². The normalized spacial score (nSPS) is 11.5. The number of carbonyl (C=O) groups excluding carboxylic acids is 1. The van der Waals surface area contributed by atoms with E-state index < -0.39 is 12.0 Å². The zero-order valence-corrected chi connectivity index (χ0v) is 15.3. The second kappa shape index (κ2) is 8.38. The first-order valence-corrected chi connectivity index (χ1v) is 8.18. The molecule has 0 aliphatic heterocycles. The van der Waals surface area contributed by atoms with Gasteiger partial charge in [0.05, 0.1) is 26.7 Å². The highest BCUT2D eigenvalue weighted by atomic mass is 16.5. The lowest BCUT2D eigenvalue weighted by Gasteiger charge is -2.20. The Morgan fingerprint density at radius 3 is 2.23 bits per heavy atom. The van der Waals surface area contributed by atoms with Gasteiger partial charge in [-0.3, -0.25) is 9.59 Å². The van der Waals surface area contributed by atoms with Gasteiger partial charge in [0, 0.05) is 5.56 Å². The van der Waals surface area contributed by atoms with E-state index in [1.165, 1.54) is 14.2 Å². The van der Waals surface area contributed by atoms with Crippen LogP contribution in [0.25, 0.3) is 0 Å². The predicted octanol–water partition coefficient (Wildman–Crippen LogP) is 3.27. The molecule has 6 heteroatoms. The maximum absolute atomic E-state index is 12.8. The smallest absolute Gasteiger partial charge is 0.305 e. The molecule has 0 aromatic heterocycles. The van der Waals surface area contributed by atoms with Crippen LogP contribution in [-0.2, 0) is 4.79 Å². The van der Waals surface area contributed by atoms with E-state index in [1.54, 1.807) is 19.1 Å². The van der Waals surface area contributed by atoms with Gasteiger partial charge in [-0.15, -0.1) is 0 Å². The van der Waals surface area contributed by atoms with Gasteiger partial charge in [0.2, 0.25) is 0 Å². The lowest BCUT2D eigenvalue weighted by Crippen LogP contribution is -2.31. The SMILES string of the molecule is COc1cc(C)c(C(=O)NC(CC(=O)O)c2ccccc2C)cc1OC. The number of hydrogen-bond acceptors (Lipinski definition) is 4. The van der Waals surface area contributed by atoms with E-state index in [9.17, 15) is 14.7 Å². The van der Waals surface area contributed by atoms with Gasteiger partial charge in [0.25, 0.3) is 5.91 Å². The van der Waals surface area contributed by atoms with Crippen LogP contribution in [0.15, 0.2) is 36.4 Å². The van der Waals surface area contributed by atoms with Crippen molar-refractivity contribution in [2.45, 2.75) is 26.3 Å². The number of benzene rings is 2. The number of amides is 1. The molecule has 26 heavy (non-hydrogen) atoms. The van der Waals surface area contributed by atoms with Gasteiger partial charge in [-0.2, -0.15) is 0 Å². The van der Waals surface area contributed by atoms with Crippen LogP contribution in [0.1, 0.15) is 39.5 Å². The van der Waals surface area contributed by atoms with Gasteiger partial charge in [0.1, 0.15) is 0 Å². The predicted molar refractivity (Wildman–Crippen MR) is 97.9 cm³/mol. The molecule has 0 radical (unpaired) electrons. The highest BCUT2D eigenvalue weighted by Gasteiger charge is 2.22. The Morgan fingerprint density at radius 1 is 1.04 bits per heavy atom. The van der Waals surface area contributed by atoms with E-state index in [1.807, 2.05) is 31.2 Å². The summed E-state index contributed by atoms with van der Waals surface area (Å²) < 4.78 is 10.5. The summed E-state index contributed by atoms with van der Waals surface area (Å²) in [6, 6.07) is 10.1. The highest BCUT2D eigenvalue weighted by molar-refractivity contribution is 5.97. The van der Waals surface area contributed by atoms with Crippen molar-refractivity contribution < 1.29 is 24.2 Å². The van der Waals surface area contributed by atoms with Crippen molar-refractivity contribution in [1.82, 2.24) is 5.32 Å². The third kappa shape index (κ3) is 4.33. The number of carboxylic acid groups (broad SMARTS) is 1. The molecule has 0 spiro atoms. The molecule has 2 rings (SSSR count). The molecule has 1 amide bonds. The number of rotatable bonds is 7. The molecule has 0 aliphatic rings. The van der Waals surface area contributed by atoms with E-state index >= 15 is 0 Å². The Morgan fingerprint density at radius 2 is 1.65 bits per heavy atom. The van der Waals surface area contributed by atoms with Crippen molar-refractivity contribution in [2.24, 2.45) is 0 Å². The van der Waals surface area contributed by atoms with Crippen LogP contribution in [0.2, 0.25) is 0 Å². The summed E-state index contributed by atoms with van der Waals surface area (Å²) in [5.41, 5.74) is 2.81. The summed E-state index contributed by atoms with van der Waals surface area (Å²) in [4.78, 5) is 24.1. The summed E-state index contributed by atoms with van der Waals surface area (Å²) in [5.74, 6) is -0.378. The average molecular weight is 357 g/mol.